The van der Waals surface area contributed by atoms with Gasteiger partial charge in [-0.15, -0.1) is 0 Å². The molecular formula is C14H15N3. The Labute approximate surface area is 101 Å². The monoisotopic (exact) mass is 225 g/mol. The minimum atomic E-state index is 0.426. The molecule has 1 N–H and O–H groups in total. The molecule has 0 bridgehead atoms. The van der Waals surface area contributed by atoms with Crippen LogP contribution in [0, 0.1) is 6.92 Å². The van der Waals surface area contributed by atoms with E-state index in [1.165, 1.54) is 11.1 Å². The zero-order valence-electron chi connectivity index (χ0n) is 9.85. The van der Waals surface area contributed by atoms with Crippen molar-refractivity contribution < 1.29 is 0 Å². The number of nitrogens with one attached hydrogen (secondary N) is 1. The van der Waals surface area contributed by atoms with Gasteiger partial charge in [-0.25, -0.2) is 9.97 Å². The van der Waals surface area contributed by atoms with Gasteiger partial charge < -0.3 is 5.32 Å². The van der Waals surface area contributed by atoms with Crippen LogP contribution in [-0.4, -0.2) is 16.0 Å². The first-order chi connectivity index (χ1) is 8.31. The van der Waals surface area contributed by atoms with Gasteiger partial charge in [0.1, 0.15) is 0 Å². The number of fused-ring (bicyclic) bond motifs is 1. The molecule has 1 aliphatic rings. The Morgan fingerprint density at radius 3 is 2.24 bits per heavy atom. The summed E-state index contributed by atoms with van der Waals surface area (Å²) in [6.45, 7) is 2.00. The van der Waals surface area contributed by atoms with Gasteiger partial charge in [-0.1, -0.05) is 24.3 Å². The second-order valence-electron chi connectivity index (χ2n) is 4.60. The summed E-state index contributed by atoms with van der Waals surface area (Å²) in [5, 5.41) is 3.39. The van der Waals surface area contributed by atoms with Crippen LogP contribution < -0.4 is 5.32 Å². The summed E-state index contributed by atoms with van der Waals surface area (Å²) in [6.07, 6.45) is 5.82. The second kappa shape index (κ2) is 4.17. The van der Waals surface area contributed by atoms with E-state index in [9.17, 15) is 0 Å². The molecule has 3 nitrogen and oxygen atoms in total. The fourth-order valence-corrected chi connectivity index (χ4v) is 2.31. The van der Waals surface area contributed by atoms with Crippen LogP contribution in [0.15, 0.2) is 36.7 Å². The van der Waals surface area contributed by atoms with Crippen molar-refractivity contribution in [1.29, 1.82) is 0 Å². The van der Waals surface area contributed by atoms with Gasteiger partial charge >= 0.3 is 0 Å². The average Bonchev–Trinajstić information content (AvgIpc) is 2.74. The van der Waals surface area contributed by atoms with E-state index < -0.39 is 0 Å². The zero-order chi connectivity index (χ0) is 11.7. The first kappa shape index (κ1) is 10.3. The predicted octanol–water partition coefficient (Wildman–Crippen LogP) is 2.36. The molecular weight excluding hydrogens is 210 g/mol. The number of rotatable bonds is 2. The Morgan fingerprint density at radius 1 is 1.06 bits per heavy atom. The summed E-state index contributed by atoms with van der Waals surface area (Å²) < 4.78 is 0. The largest absolute Gasteiger partial charge is 0.351 e. The predicted molar refractivity (Wildman–Crippen MR) is 68.0 cm³/mol. The van der Waals surface area contributed by atoms with Crippen molar-refractivity contribution in [2.45, 2.75) is 25.8 Å². The summed E-state index contributed by atoms with van der Waals surface area (Å²) in [5.41, 5.74) is 3.97. The Hall–Kier alpha value is -1.90. The molecule has 0 fully saturated rings. The molecule has 0 atom stereocenters. The number of nitrogens with zero attached hydrogens (tertiary/aromatic N) is 2. The van der Waals surface area contributed by atoms with E-state index in [0.717, 1.165) is 24.4 Å². The Bertz CT molecular complexity index is 494. The van der Waals surface area contributed by atoms with Gasteiger partial charge in [0, 0.05) is 18.4 Å². The number of hydrogen-bond donors (Lipinski definition) is 1. The minimum absolute atomic E-state index is 0.426. The summed E-state index contributed by atoms with van der Waals surface area (Å²) >= 11 is 0. The molecule has 0 spiro atoms. The summed E-state index contributed by atoms with van der Waals surface area (Å²) in [7, 11) is 0. The third kappa shape index (κ3) is 2.13. The van der Waals surface area contributed by atoms with Gasteiger partial charge in [-0.05, 0) is 36.5 Å². The van der Waals surface area contributed by atoms with Crippen molar-refractivity contribution in [3.63, 3.8) is 0 Å². The van der Waals surface area contributed by atoms with Crippen LogP contribution in [0.2, 0.25) is 0 Å². The molecule has 86 valence electrons. The minimum Gasteiger partial charge on any atom is -0.351 e. The van der Waals surface area contributed by atoms with E-state index in [1.807, 2.05) is 19.3 Å². The lowest BCUT2D eigenvalue weighted by atomic mass is 10.1. The molecule has 2 aromatic rings. The number of hydrogen-bond acceptors (Lipinski definition) is 3. The Kier molecular flexibility index (Phi) is 2.52. The van der Waals surface area contributed by atoms with Crippen LogP contribution in [0.4, 0.5) is 5.95 Å². The molecule has 1 aliphatic carbocycles. The van der Waals surface area contributed by atoms with Gasteiger partial charge in [0.05, 0.1) is 0 Å². The van der Waals surface area contributed by atoms with Crippen LogP contribution in [0.1, 0.15) is 16.7 Å². The highest BCUT2D eigenvalue weighted by atomic mass is 15.1. The lowest BCUT2D eigenvalue weighted by Crippen LogP contribution is -2.20. The number of aromatic nitrogens is 2. The van der Waals surface area contributed by atoms with E-state index in [1.54, 1.807) is 0 Å². The van der Waals surface area contributed by atoms with Crippen LogP contribution in [0.3, 0.4) is 0 Å². The maximum atomic E-state index is 4.28. The van der Waals surface area contributed by atoms with E-state index in [-0.39, 0.29) is 0 Å². The van der Waals surface area contributed by atoms with Crippen molar-refractivity contribution >= 4 is 5.95 Å². The molecule has 1 aromatic carbocycles. The van der Waals surface area contributed by atoms with E-state index in [4.69, 9.17) is 0 Å². The maximum Gasteiger partial charge on any atom is 0.222 e. The van der Waals surface area contributed by atoms with Gasteiger partial charge in [0.15, 0.2) is 0 Å². The van der Waals surface area contributed by atoms with E-state index >= 15 is 0 Å². The van der Waals surface area contributed by atoms with Crippen LogP contribution in [0.5, 0.6) is 0 Å². The van der Waals surface area contributed by atoms with Gasteiger partial charge in [0.2, 0.25) is 5.95 Å². The smallest absolute Gasteiger partial charge is 0.222 e. The van der Waals surface area contributed by atoms with Gasteiger partial charge in [0.25, 0.3) is 0 Å². The molecule has 0 aliphatic heterocycles. The molecule has 3 rings (SSSR count). The van der Waals surface area contributed by atoms with Crippen molar-refractivity contribution in [1.82, 2.24) is 9.97 Å². The first-order valence-corrected chi connectivity index (χ1v) is 5.93. The zero-order valence-corrected chi connectivity index (χ0v) is 9.85. The topological polar surface area (TPSA) is 37.8 Å². The first-order valence-electron chi connectivity index (χ1n) is 5.93. The summed E-state index contributed by atoms with van der Waals surface area (Å²) in [4.78, 5) is 8.56. The third-order valence-electron chi connectivity index (χ3n) is 3.17. The lowest BCUT2D eigenvalue weighted by Gasteiger charge is -2.11. The standard InChI is InChI=1S/C14H15N3/c1-10-8-15-14(16-9-10)17-13-6-11-4-2-3-5-12(11)7-13/h2-5,8-9,13H,6-7H2,1H3,(H,15,16,17). The molecule has 3 heteroatoms. The van der Waals surface area contributed by atoms with Crippen LogP contribution in [-0.2, 0) is 12.8 Å². The normalized spacial score (nSPS) is 14.6. The molecule has 1 heterocycles. The quantitative estimate of drug-likeness (QED) is 0.852. The Balaban J connectivity index is 1.71. The van der Waals surface area contributed by atoms with Crippen LogP contribution in [0.25, 0.3) is 0 Å². The lowest BCUT2D eigenvalue weighted by molar-refractivity contribution is 0.761. The molecule has 0 saturated heterocycles. The number of aryl methyl sites for hydroxylation is 1. The molecule has 0 saturated carbocycles. The molecule has 1 aromatic heterocycles. The van der Waals surface area contributed by atoms with Crippen molar-refractivity contribution in [2.75, 3.05) is 5.32 Å². The van der Waals surface area contributed by atoms with Gasteiger partial charge in [-0.2, -0.15) is 0 Å². The fraction of sp³-hybridized carbons (Fsp3) is 0.286. The second-order valence-corrected chi connectivity index (χ2v) is 4.60. The van der Waals surface area contributed by atoms with Crippen LogP contribution >= 0.6 is 0 Å². The molecule has 0 radical (unpaired) electrons. The van der Waals surface area contributed by atoms with Gasteiger partial charge in [-0.3, -0.25) is 0 Å². The molecule has 0 amide bonds. The molecule has 17 heavy (non-hydrogen) atoms. The molecule has 0 unspecified atom stereocenters. The number of benzene rings is 1. The third-order valence-corrected chi connectivity index (χ3v) is 3.17. The Morgan fingerprint density at radius 2 is 1.65 bits per heavy atom. The average molecular weight is 225 g/mol. The van der Waals surface area contributed by atoms with Crippen molar-refractivity contribution in [2.24, 2.45) is 0 Å². The maximum absolute atomic E-state index is 4.28. The highest BCUT2D eigenvalue weighted by Gasteiger charge is 2.20. The SMILES string of the molecule is Cc1cnc(NC2Cc3ccccc3C2)nc1. The summed E-state index contributed by atoms with van der Waals surface area (Å²) in [5.74, 6) is 0.730. The van der Waals surface area contributed by atoms with E-state index in [2.05, 4.69) is 39.6 Å². The van der Waals surface area contributed by atoms with Crippen molar-refractivity contribution in [3.05, 3.63) is 53.3 Å². The highest BCUT2D eigenvalue weighted by Crippen LogP contribution is 2.23. The van der Waals surface area contributed by atoms with Crippen molar-refractivity contribution in [3.8, 4) is 0 Å². The highest BCUT2D eigenvalue weighted by molar-refractivity contribution is 5.38. The number of anilines is 1. The summed E-state index contributed by atoms with van der Waals surface area (Å²) in [6, 6.07) is 9.03. The fourth-order valence-electron chi connectivity index (χ4n) is 2.31. The van der Waals surface area contributed by atoms with E-state index in [0.29, 0.717) is 6.04 Å².